The van der Waals surface area contributed by atoms with Gasteiger partial charge in [0.15, 0.2) is 0 Å². The summed E-state index contributed by atoms with van der Waals surface area (Å²) in [5, 5.41) is 4.72. The summed E-state index contributed by atoms with van der Waals surface area (Å²) in [6.07, 6.45) is 2.54. The fraction of sp³-hybridized carbons (Fsp3) is 0.611. The summed E-state index contributed by atoms with van der Waals surface area (Å²) in [6.45, 7) is 5.53. The van der Waals surface area contributed by atoms with E-state index >= 15 is 0 Å². The first-order valence-electron chi connectivity index (χ1n) is 9.13. The van der Waals surface area contributed by atoms with Crippen molar-refractivity contribution in [1.82, 2.24) is 20.3 Å². The SMILES string of the molecule is CCN1Cc2nc(OC)c(CNC(=O)CCN3CCCCO3)cc2C1=O. The molecule has 0 unspecified atom stereocenters. The molecule has 26 heavy (non-hydrogen) atoms. The number of carbonyl (C=O) groups excluding carboxylic acids is 2. The van der Waals surface area contributed by atoms with Gasteiger partial charge in [-0.05, 0) is 25.8 Å². The maximum Gasteiger partial charge on any atom is 0.256 e. The van der Waals surface area contributed by atoms with Crippen LogP contribution in [0.4, 0.5) is 0 Å². The number of amides is 2. The molecule has 0 saturated carbocycles. The molecule has 3 rings (SSSR count). The van der Waals surface area contributed by atoms with Crippen LogP contribution in [0, 0.1) is 0 Å². The zero-order chi connectivity index (χ0) is 18.5. The molecule has 3 heterocycles. The number of nitrogens with zero attached hydrogens (tertiary/aromatic N) is 3. The van der Waals surface area contributed by atoms with E-state index in [1.54, 1.807) is 18.1 Å². The molecule has 1 aromatic heterocycles. The van der Waals surface area contributed by atoms with Gasteiger partial charge in [-0.3, -0.25) is 14.4 Å². The number of hydroxylamine groups is 2. The zero-order valence-electron chi connectivity index (χ0n) is 15.4. The lowest BCUT2D eigenvalue weighted by atomic mass is 10.1. The number of aromatic nitrogens is 1. The Hall–Kier alpha value is -2.19. The fourth-order valence-corrected chi connectivity index (χ4v) is 3.19. The minimum absolute atomic E-state index is 0.0209. The molecule has 2 aliphatic rings. The lowest BCUT2D eigenvalue weighted by Crippen LogP contribution is -2.34. The predicted molar refractivity (Wildman–Crippen MR) is 94.4 cm³/mol. The molecule has 8 heteroatoms. The van der Waals surface area contributed by atoms with Crippen molar-refractivity contribution in [3.8, 4) is 5.88 Å². The number of pyridine rings is 1. The van der Waals surface area contributed by atoms with Gasteiger partial charge >= 0.3 is 0 Å². The average molecular weight is 362 g/mol. The van der Waals surface area contributed by atoms with Crippen molar-refractivity contribution in [2.24, 2.45) is 0 Å². The summed E-state index contributed by atoms with van der Waals surface area (Å²) >= 11 is 0. The summed E-state index contributed by atoms with van der Waals surface area (Å²) in [4.78, 5) is 36.1. The highest BCUT2D eigenvalue weighted by atomic mass is 16.7. The van der Waals surface area contributed by atoms with E-state index < -0.39 is 0 Å². The van der Waals surface area contributed by atoms with Crippen molar-refractivity contribution in [2.75, 3.05) is 33.4 Å². The van der Waals surface area contributed by atoms with E-state index in [0.717, 1.165) is 31.7 Å². The van der Waals surface area contributed by atoms with E-state index in [9.17, 15) is 9.59 Å². The minimum atomic E-state index is -0.0664. The van der Waals surface area contributed by atoms with Crippen LogP contribution in [-0.2, 0) is 22.7 Å². The van der Waals surface area contributed by atoms with Crippen LogP contribution in [0.5, 0.6) is 5.88 Å². The second kappa shape index (κ2) is 8.46. The molecule has 0 aromatic carbocycles. The van der Waals surface area contributed by atoms with E-state index in [1.165, 1.54) is 0 Å². The smallest absolute Gasteiger partial charge is 0.256 e. The first-order chi connectivity index (χ1) is 12.6. The molecule has 2 aliphatic heterocycles. The summed E-state index contributed by atoms with van der Waals surface area (Å²) in [5.74, 6) is 0.366. The highest BCUT2D eigenvalue weighted by Gasteiger charge is 2.29. The maximum atomic E-state index is 12.3. The Kier molecular flexibility index (Phi) is 6.05. The summed E-state index contributed by atoms with van der Waals surface area (Å²) in [5.41, 5.74) is 2.03. The number of methoxy groups -OCH3 is 1. The van der Waals surface area contributed by atoms with Gasteiger partial charge < -0.3 is 15.0 Å². The molecule has 8 nitrogen and oxygen atoms in total. The van der Waals surface area contributed by atoms with Gasteiger partial charge in [0, 0.05) is 38.2 Å². The van der Waals surface area contributed by atoms with Gasteiger partial charge in [0.25, 0.3) is 5.91 Å². The average Bonchev–Trinajstić information content (AvgIpc) is 2.99. The molecule has 1 saturated heterocycles. The Morgan fingerprint density at radius 2 is 2.27 bits per heavy atom. The predicted octanol–water partition coefficient (Wildman–Crippen LogP) is 1.10. The van der Waals surface area contributed by atoms with Crippen LogP contribution in [0.1, 0.15) is 47.8 Å². The number of fused-ring (bicyclic) bond motifs is 1. The molecule has 1 aromatic rings. The zero-order valence-corrected chi connectivity index (χ0v) is 15.4. The first-order valence-corrected chi connectivity index (χ1v) is 9.13. The topological polar surface area (TPSA) is 84.0 Å². The molecule has 142 valence electrons. The van der Waals surface area contributed by atoms with Crippen LogP contribution in [0.3, 0.4) is 0 Å². The third kappa shape index (κ3) is 4.13. The van der Waals surface area contributed by atoms with Crippen molar-refractivity contribution in [1.29, 1.82) is 0 Å². The molecular weight excluding hydrogens is 336 g/mol. The van der Waals surface area contributed by atoms with Gasteiger partial charge in [-0.1, -0.05) is 0 Å². The van der Waals surface area contributed by atoms with E-state index in [0.29, 0.717) is 43.1 Å². The third-order valence-electron chi connectivity index (χ3n) is 4.71. The Labute approximate surface area is 153 Å². The van der Waals surface area contributed by atoms with Crippen LogP contribution in [-0.4, -0.2) is 60.1 Å². The summed E-state index contributed by atoms with van der Waals surface area (Å²) in [6, 6.07) is 1.78. The number of ether oxygens (including phenoxy) is 1. The standard InChI is InChI=1S/C18H26N4O4/c1-3-21-12-15-14(18(21)24)10-13(17(20-15)25-2)11-19-16(23)6-8-22-7-4-5-9-26-22/h10H,3-9,11-12H2,1-2H3,(H,19,23). The molecule has 1 N–H and O–H groups in total. The lowest BCUT2D eigenvalue weighted by Gasteiger charge is -2.25. The maximum absolute atomic E-state index is 12.3. The van der Waals surface area contributed by atoms with Crippen LogP contribution in [0.15, 0.2) is 6.07 Å². The number of hydrogen-bond acceptors (Lipinski definition) is 6. The Bertz CT molecular complexity index is 673. The van der Waals surface area contributed by atoms with E-state index in [4.69, 9.17) is 9.57 Å². The normalized spacial score (nSPS) is 17.3. The number of hydrogen-bond donors (Lipinski definition) is 1. The third-order valence-corrected chi connectivity index (χ3v) is 4.71. The van der Waals surface area contributed by atoms with Crippen molar-refractivity contribution < 1.29 is 19.2 Å². The van der Waals surface area contributed by atoms with Crippen molar-refractivity contribution in [3.05, 3.63) is 22.9 Å². The number of rotatable bonds is 7. The van der Waals surface area contributed by atoms with E-state index in [-0.39, 0.29) is 18.4 Å². The fourth-order valence-electron chi connectivity index (χ4n) is 3.19. The van der Waals surface area contributed by atoms with Crippen molar-refractivity contribution >= 4 is 11.8 Å². The molecule has 0 spiro atoms. The molecular formula is C18H26N4O4. The van der Waals surface area contributed by atoms with Crippen LogP contribution in [0.2, 0.25) is 0 Å². The van der Waals surface area contributed by atoms with Gasteiger partial charge in [0.2, 0.25) is 11.8 Å². The monoisotopic (exact) mass is 362 g/mol. The Morgan fingerprint density at radius 3 is 2.96 bits per heavy atom. The lowest BCUT2D eigenvalue weighted by molar-refractivity contribution is -0.181. The van der Waals surface area contributed by atoms with E-state index in [1.807, 2.05) is 12.0 Å². The van der Waals surface area contributed by atoms with Gasteiger partial charge in [-0.2, -0.15) is 5.06 Å². The number of carbonyl (C=O) groups is 2. The van der Waals surface area contributed by atoms with Gasteiger partial charge in [-0.25, -0.2) is 4.98 Å². The van der Waals surface area contributed by atoms with Gasteiger partial charge in [0.1, 0.15) is 0 Å². The number of nitrogens with one attached hydrogen (secondary N) is 1. The molecule has 0 radical (unpaired) electrons. The van der Waals surface area contributed by atoms with Crippen LogP contribution < -0.4 is 10.1 Å². The first kappa shape index (κ1) is 18.6. The van der Waals surface area contributed by atoms with Crippen molar-refractivity contribution in [2.45, 2.75) is 39.3 Å². The van der Waals surface area contributed by atoms with Crippen LogP contribution in [0.25, 0.3) is 0 Å². The summed E-state index contributed by atoms with van der Waals surface area (Å²) in [7, 11) is 1.54. The van der Waals surface area contributed by atoms with Gasteiger partial charge in [-0.15, -0.1) is 0 Å². The van der Waals surface area contributed by atoms with Gasteiger partial charge in [0.05, 0.1) is 31.5 Å². The molecule has 2 amide bonds. The highest BCUT2D eigenvalue weighted by Crippen LogP contribution is 2.26. The highest BCUT2D eigenvalue weighted by molar-refractivity contribution is 5.98. The summed E-state index contributed by atoms with van der Waals surface area (Å²) < 4.78 is 5.34. The van der Waals surface area contributed by atoms with E-state index in [2.05, 4.69) is 10.3 Å². The van der Waals surface area contributed by atoms with Crippen LogP contribution >= 0.6 is 0 Å². The quantitative estimate of drug-likeness (QED) is 0.782. The minimum Gasteiger partial charge on any atom is -0.481 e. The largest absolute Gasteiger partial charge is 0.481 e. The second-order valence-electron chi connectivity index (χ2n) is 6.47. The molecule has 1 fully saturated rings. The Balaban J connectivity index is 1.58. The Morgan fingerprint density at radius 1 is 1.42 bits per heavy atom. The molecule has 0 bridgehead atoms. The van der Waals surface area contributed by atoms with Crippen molar-refractivity contribution in [3.63, 3.8) is 0 Å². The molecule has 0 atom stereocenters. The second-order valence-corrected chi connectivity index (χ2v) is 6.47. The molecule has 0 aliphatic carbocycles.